The number of nitrogens with one attached hydrogen (secondary N) is 1. The highest BCUT2D eigenvalue weighted by atomic mass is 32.1. The van der Waals surface area contributed by atoms with Crippen molar-refractivity contribution in [2.75, 3.05) is 45.8 Å². The van der Waals surface area contributed by atoms with Crippen LogP contribution in [0.4, 0.5) is 0 Å². The van der Waals surface area contributed by atoms with E-state index in [9.17, 15) is 0 Å². The molecule has 1 aromatic heterocycles. The van der Waals surface area contributed by atoms with Crippen molar-refractivity contribution in [2.45, 2.75) is 19.9 Å². The molecule has 0 aliphatic carbocycles. The maximum Gasteiger partial charge on any atom is 0.0328 e. The number of nitrogens with zero attached hydrogens (tertiary/aromatic N) is 2. The molecule has 0 atom stereocenters. The molecule has 1 saturated heterocycles. The van der Waals surface area contributed by atoms with Gasteiger partial charge in [-0.25, -0.2) is 0 Å². The van der Waals surface area contributed by atoms with E-state index in [0.29, 0.717) is 0 Å². The SMILES string of the molecule is CCN(CCN1CCCNCC1)Cc1cccs1. The predicted molar refractivity (Wildman–Crippen MR) is 79.2 cm³/mol. The molecule has 0 aromatic carbocycles. The van der Waals surface area contributed by atoms with Crippen molar-refractivity contribution in [3.8, 4) is 0 Å². The lowest BCUT2D eigenvalue weighted by atomic mass is 10.3. The third kappa shape index (κ3) is 4.69. The molecule has 2 heterocycles. The molecule has 0 unspecified atom stereocenters. The van der Waals surface area contributed by atoms with Crippen LogP contribution in [0, 0.1) is 0 Å². The number of hydrogen-bond donors (Lipinski definition) is 1. The van der Waals surface area contributed by atoms with Gasteiger partial charge in [0.2, 0.25) is 0 Å². The second-order valence-electron chi connectivity index (χ2n) is 4.89. The van der Waals surface area contributed by atoms with Crippen molar-refractivity contribution in [1.29, 1.82) is 0 Å². The molecule has 0 radical (unpaired) electrons. The Morgan fingerprint density at radius 2 is 2.33 bits per heavy atom. The lowest BCUT2D eigenvalue weighted by Gasteiger charge is -2.25. The summed E-state index contributed by atoms with van der Waals surface area (Å²) in [6.07, 6.45) is 1.29. The van der Waals surface area contributed by atoms with Crippen LogP contribution in [0.2, 0.25) is 0 Å². The number of rotatable bonds is 6. The third-order valence-electron chi connectivity index (χ3n) is 3.57. The van der Waals surface area contributed by atoms with Crippen LogP contribution in [0.15, 0.2) is 17.5 Å². The normalized spacial score (nSPS) is 18.1. The Morgan fingerprint density at radius 3 is 3.11 bits per heavy atom. The minimum atomic E-state index is 1.11. The smallest absolute Gasteiger partial charge is 0.0328 e. The van der Waals surface area contributed by atoms with E-state index in [-0.39, 0.29) is 0 Å². The Hall–Kier alpha value is -0.420. The Kier molecular flexibility index (Phi) is 6.14. The molecule has 18 heavy (non-hydrogen) atoms. The van der Waals surface area contributed by atoms with Crippen molar-refractivity contribution < 1.29 is 0 Å². The Bertz CT molecular complexity index is 305. The second-order valence-corrected chi connectivity index (χ2v) is 5.93. The molecule has 4 heteroatoms. The van der Waals surface area contributed by atoms with Crippen LogP contribution in [-0.4, -0.2) is 55.6 Å². The van der Waals surface area contributed by atoms with Gasteiger partial charge in [-0.2, -0.15) is 0 Å². The van der Waals surface area contributed by atoms with Gasteiger partial charge in [0.25, 0.3) is 0 Å². The van der Waals surface area contributed by atoms with E-state index < -0.39 is 0 Å². The summed E-state index contributed by atoms with van der Waals surface area (Å²) in [5, 5.41) is 5.63. The van der Waals surface area contributed by atoms with E-state index in [1.54, 1.807) is 0 Å². The fourth-order valence-corrected chi connectivity index (χ4v) is 3.13. The van der Waals surface area contributed by atoms with Crippen LogP contribution in [0.1, 0.15) is 18.2 Å². The molecule has 1 aliphatic heterocycles. The Morgan fingerprint density at radius 1 is 1.39 bits per heavy atom. The van der Waals surface area contributed by atoms with Crippen molar-refractivity contribution >= 4 is 11.3 Å². The lowest BCUT2D eigenvalue weighted by molar-refractivity contribution is 0.212. The second kappa shape index (κ2) is 7.89. The number of thiophene rings is 1. The van der Waals surface area contributed by atoms with E-state index in [4.69, 9.17) is 0 Å². The summed E-state index contributed by atoms with van der Waals surface area (Å²) in [7, 11) is 0. The molecule has 1 fully saturated rings. The van der Waals surface area contributed by atoms with Gasteiger partial charge in [-0.15, -0.1) is 11.3 Å². The molecular weight excluding hydrogens is 242 g/mol. The van der Waals surface area contributed by atoms with Crippen LogP contribution in [-0.2, 0) is 6.54 Å². The van der Waals surface area contributed by atoms with Crippen LogP contribution < -0.4 is 5.32 Å². The molecule has 0 bridgehead atoms. The third-order valence-corrected chi connectivity index (χ3v) is 4.43. The van der Waals surface area contributed by atoms with Crippen molar-refractivity contribution in [3.05, 3.63) is 22.4 Å². The first kappa shape index (κ1) is 14.0. The summed E-state index contributed by atoms with van der Waals surface area (Å²) in [5.41, 5.74) is 0. The molecule has 0 spiro atoms. The molecule has 1 aromatic rings. The van der Waals surface area contributed by atoms with E-state index in [0.717, 1.165) is 19.6 Å². The van der Waals surface area contributed by atoms with Gasteiger partial charge in [0.05, 0.1) is 0 Å². The van der Waals surface area contributed by atoms with Gasteiger partial charge >= 0.3 is 0 Å². The zero-order valence-electron chi connectivity index (χ0n) is 11.4. The maximum absolute atomic E-state index is 3.46. The summed E-state index contributed by atoms with van der Waals surface area (Å²) in [6, 6.07) is 4.39. The van der Waals surface area contributed by atoms with Crippen molar-refractivity contribution in [3.63, 3.8) is 0 Å². The van der Waals surface area contributed by atoms with Gasteiger partial charge in [-0.05, 0) is 37.5 Å². The highest BCUT2D eigenvalue weighted by Crippen LogP contribution is 2.11. The van der Waals surface area contributed by atoms with Gasteiger partial charge < -0.3 is 10.2 Å². The van der Waals surface area contributed by atoms with Crippen LogP contribution in [0.25, 0.3) is 0 Å². The quantitative estimate of drug-likeness (QED) is 0.849. The largest absolute Gasteiger partial charge is 0.315 e. The molecule has 3 nitrogen and oxygen atoms in total. The minimum absolute atomic E-state index is 1.11. The summed E-state index contributed by atoms with van der Waals surface area (Å²) >= 11 is 1.87. The average molecular weight is 267 g/mol. The molecule has 1 aliphatic rings. The number of hydrogen-bond acceptors (Lipinski definition) is 4. The highest BCUT2D eigenvalue weighted by molar-refractivity contribution is 7.09. The zero-order valence-corrected chi connectivity index (χ0v) is 12.2. The van der Waals surface area contributed by atoms with Crippen LogP contribution >= 0.6 is 11.3 Å². The van der Waals surface area contributed by atoms with E-state index in [2.05, 4.69) is 39.6 Å². The Labute approximate surface area is 115 Å². The molecule has 1 N–H and O–H groups in total. The first-order valence-electron chi connectivity index (χ1n) is 7.06. The topological polar surface area (TPSA) is 18.5 Å². The molecule has 2 rings (SSSR count). The van der Waals surface area contributed by atoms with Crippen molar-refractivity contribution in [1.82, 2.24) is 15.1 Å². The zero-order chi connectivity index (χ0) is 12.6. The lowest BCUT2D eigenvalue weighted by Crippen LogP contribution is -2.36. The highest BCUT2D eigenvalue weighted by Gasteiger charge is 2.10. The monoisotopic (exact) mass is 267 g/mol. The van der Waals surface area contributed by atoms with E-state index in [1.807, 2.05) is 11.3 Å². The van der Waals surface area contributed by atoms with Crippen LogP contribution in [0.3, 0.4) is 0 Å². The van der Waals surface area contributed by atoms with Crippen molar-refractivity contribution in [2.24, 2.45) is 0 Å². The summed E-state index contributed by atoms with van der Waals surface area (Å²) < 4.78 is 0. The predicted octanol–water partition coefficient (Wildman–Crippen LogP) is 1.87. The maximum atomic E-state index is 3.46. The van der Waals surface area contributed by atoms with Gasteiger partial charge in [0, 0.05) is 37.6 Å². The Balaban J connectivity index is 1.72. The molecular formula is C14H25N3S. The van der Waals surface area contributed by atoms with Crippen LogP contribution in [0.5, 0.6) is 0 Å². The molecule has 0 amide bonds. The molecule has 102 valence electrons. The van der Waals surface area contributed by atoms with Gasteiger partial charge in [-0.3, -0.25) is 4.90 Å². The van der Waals surface area contributed by atoms with E-state index >= 15 is 0 Å². The first-order chi connectivity index (χ1) is 8.88. The fourth-order valence-electron chi connectivity index (χ4n) is 2.38. The summed E-state index contributed by atoms with van der Waals surface area (Å²) in [4.78, 5) is 6.62. The number of likely N-dealkylation sites (N-methyl/N-ethyl adjacent to an activating group) is 1. The minimum Gasteiger partial charge on any atom is -0.315 e. The van der Waals surface area contributed by atoms with Gasteiger partial charge in [0.15, 0.2) is 0 Å². The molecule has 0 saturated carbocycles. The van der Waals surface area contributed by atoms with Gasteiger partial charge in [-0.1, -0.05) is 13.0 Å². The standard InChI is InChI=1S/C14H25N3S/c1-2-16(13-14-5-3-12-18-14)10-11-17-8-4-6-15-7-9-17/h3,5,12,15H,2,4,6-11,13H2,1H3. The average Bonchev–Trinajstić information content (AvgIpc) is 2.76. The van der Waals surface area contributed by atoms with E-state index in [1.165, 1.54) is 44.0 Å². The summed E-state index contributed by atoms with van der Waals surface area (Å²) in [5.74, 6) is 0. The van der Waals surface area contributed by atoms with Gasteiger partial charge in [0.1, 0.15) is 0 Å². The first-order valence-corrected chi connectivity index (χ1v) is 7.94. The summed E-state index contributed by atoms with van der Waals surface area (Å²) in [6.45, 7) is 11.7. The fraction of sp³-hybridized carbons (Fsp3) is 0.714.